The van der Waals surface area contributed by atoms with Crippen molar-refractivity contribution in [3.05, 3.63) is 24.3 Å². The lowest BCUT2D eigenvalue weighted by Gasteiger charge is -2.20. The Morgan fingerprint density at radius 3 is 2.67 bits per heavy atom. The highest BCUT2D eigenvalue weighted by Crippen LogP contribution is 2.21. The zero-order valence-corrected chi connectivity index (χ0v) is 12.8. The van der Waals surface area contributed by atoms with Crippen molar-refractivity contribution in [1.29, 1.82) is 0 Å². The van der Waals surface area contributed by atoms with Crippen LogP contribution in [-0.4, -0.2) is 41.0 Å². The first-order chi connectivity index (χ1) is 10.3. The predicted octanol–water partition coefficient (Wildman–Crippen LogP) is 2.06. The van der Waals surface area contributed by atoms with Crippen molar-refractivity contribution >= 4 is 22.7 Å². The van der Waals surface area contributed by atoms with Gasteiger partial charge in [0.05, 0.1) is 5.52 Å². The van der Waals surface area contributed by atoms with Crippen LogP contribution in [0.4, 0.5) is 11.8 Å². The number of likely N-dealkylation sites (N-methyl/N-ethyl adjacent to an activating group) is 1. The Hall–Kier alpha value is -1.92. The van der Waals surface area contributed by atoms with Crippen LogP contribution in [-0.2, 0) is 0 Å². The number of aromatic nitrogens is 2. The zero-order chi connectivity index (χ0) is 15.1. The lowest BCUT2D eigenvalue weighted by molar-refractivity contribution is 0.300. The van der Waals surface area contributed by atoms with E-state index in [1.54, 1.807) is 0 Å². The molecule has 0 aliphatic carbocycles. The summed E-state index contributed by atoms with van der Waals surface area (Å²) < 4.78 is 0. The summed E-state index contributed by atoms with van der Waals surface area (Å²) >= 11 is 0. The highest BCUT2D eigenvalue weighted by atomic mass is 15.3. The van der Waals surface area contributed by atoms with E-state index in [0.717, 1.165) is 42.9 Å². The Labute approximate surface area is 125 Å². The van der Waals surface area contributed by atoms with Crippen LogP contribution in [0.5, 0.6) is 0 Å². The molecule has 4 N–H and O–H groups in total. The van der Waals surface area contributed by atoms with Gasteiger partial charge in [-0.1, -0.05) is 26.0 Å². The summed E-state index contributed by atoms with van der Waals surface area (Å²) in [5.41, 5.74) is 3.40. The monoisotopic (exact) mass is 288 g/mol. The Kier molecular flexibility index (Phi) is 5.71. The van der Waals surface area contributed by atoms with E-state index in [0.29, 0.717) is 5.95 Å². The minimum absolute atomic E-state index is 0.428. The van der Waals surface area contributed by atoms with Crippen molar-refractivity contribution in [2.24, 2.45) is 5.84 Å². The highest BCUT2D eigenvalue weighted by molar-refractivity contribution is 5.89. The molecule has 0 aliphatic rings. The normalized spacial score (nSPS) is 11.0. The molecule has 0 atom stereocenters. The van der Waals surface area contributed by atoms with Crippen LogP contribution in [0, 0.1) is 0 Å². The molecular formula is C15H24N6. The van der Waals surface area contributed by atoms with Crippen molar-refractivity contribution in [3.63, 3.8) is 0 Å². The van der Waals surface area contributed by atoms with Crippen molar-refractivity contribution in [2.45, 2.75) is 20.3 Å². The van der Waals surface area contributed by atoms with Crippen LogP contribution in [0.15, 0.2) is 24.3 Å². The Morgan fingerprint density at radius 2 is 1.95 bits per heavy atom. The Morgan fingerprint density at radius 1 is 1.14 bits per heavy atom. The number of fused-ring (bicyclic) bond motifs is 1. The first-order valence-electron chi connectivity index (χ1n) is 7.48. The summed E-state index contributed by atoms with van der Waals surface area (Å²) in [5.74, 6) is 6.69. The van der Waals surface area contributed by atoms with Gasteiger partial charge < -0.3 is 10.2 Å². The van der Waals surface area contributed by atoms with Crippen molar-refractivity contribution < 1.29 is 0 Å². The fourth-order valence-electron chi connectivity index (χ4n) is 2.35. The molecule has 1 aromatic heterocycles. The molecule has 2 rings (SSSR count). The SMILES string of the molecule is CCCN(CC)CCNc1nc(NN)nc2ccccc12. The number of benzene rings is 1. The summed E-state index contributed by atoms with van der Waals surface area (Å²) in [7, 11) is 0. The number of para-hydroxylation sites is 1. The fraction of sp³-hybridized carbons (Fsp3) is 0.467. The van der Waals surface area contributed by atoms with E-state index in [-0.39, 0.29) is 0 Å². The quantitative estimate of drug-likeness (QED) is 0.510. The van der Waals surface area contributed by atoms with Gasteiger partial charge in [-0.25, -0.2) is 10.8 Å². The average Bonchev–Trinajstić information content (AvgIpc) is 2.53. The summed E-state index contributed by atoms with van der Waals surface area (Å²) in [5, 5.41) is 4.41. The van der Waals surface area contributed by atoms with Crippen LogP contribution in [0.25, 0.3) is 10.9 Å². The molecule has 0 bridgehead atoms. The number of nitrogens with zero attached hydrogens (tertiary/aromatic N) is 3. The Bertz CT molecular complexity index is 571. The first-order valence-corrected chi connectivity index (χ1v) is 7.48. The molecule has 2 aromatic rings. The van der Waals surface area contributed by atoms with Gasteiger partial charge in [-0.05, 0) is 31.6 Å². The number of rotatable bonds is 8. The summed E-state index contributed by atoms with van der Waals surface area (Å²) in [6.45, 7) is 8.42. The van der Waals surface area contributed by atoms with Crippen LogP contribution < -0.4 is 16.6 Å². The molecule has 0 saturated heterocycles. The predicted molar refractivity (Wildman–Crippen MR) is 88.2 cm³/mol. The largest absolute Gasteiger partial charge is 0.368 e. The van der Waals surface area contributed by atoms with Crippen LogP contribution >= 0.6 is 0 Å². The number of hydrogen-bond acceptors (Lipinski definition) is 6. The minimum Gasteiger partial charge on any atom is -0.368 e. The van der Waals surface area contributed by atoms with E-state index < -0.39 is 0 Å². The van der Waals surface area contributed by atoms with Gasteiger partial charge in [-0.15, -0.1) is 0 Å². The van der Waals surface area contributed by atoms with E-state index in [2.05, 4.69) is 39.5 Å². The summed E-state index contributed by atoms with van der Waals surface area (Å²) in [4.78, 5) is 11.2. The third kappa shape index (κ3) is 4.03. The molecule has 0 spiro atoms. The third-order valence-corrected chi connectivity index (χ3v) is 3.44. The minimum atomic E-state index is 0.428. The van der Waals surface area contributed by atoms with Gasteiger partial charge in [-0.2, -0.15) is 4.98 Å². The van der Waals surface area contributed by atoms with Crippen LogP contribution in [0.1, 0.15) is 20.3 Å². The first kappa shape index (κ1) is 15.5. The number of hydrazine groups is 1. The highest BCUT2D eigenvalue weighted by Gasteiger charge is 2.07. The van der Waals surface area contributed by atoms with Crippen LogP contribution in [0.3, 0.4) is 0 Å². The van der Waals surface area contributed by atoms with Crippen LogP contribution in [0.2, 0.25) is 0 Å². The lowest BCUT2D eigenvalue weighted by Crippen LogP contribution is -2.29. The second kappa shape index (κ2) is 7.75. The van der Waals surface area contributed by atoms with Gasteiger partial charge in [0.15, 0.2) is 0 Å². The number of anilines is 2. The second-order valence-electron chi connectivity index (χ2n) is 4.92. The van der Waals surface area contributed by atoms with E-state index in [4.69, 9.17) is 5.84 Å². The van der Waals surface area contributed by atoms with Gasteiger partial charge >= 0.3 is 0 Å². The summed E-state index contributed by atoms with van der Waals surface area (Å²) in [6.07, 6.45) is 1.17. The number of nitrogens with two attached hydrogens (primary N) is 1. The maximum Gasteiger partial charge on any atom is 0.239 e. The van der Waals surface area contributed by atoms with E-state index >= 15 is 0 Å². The van der Waals surface area contributed by atoms with E-state index in [1.807, 2.05) is 24.3 Å². The number of hydrogen-bond donors (Lipinski definition) is 3. The topological polar surface area (TPSA) is 79.1 Å². The van der Waals surface area contributed by atoms with E-state index in [1.165, 1.54) is 6.42 Å². The summed E-state index contributed by atoms with van der Waals surface area (Å²) in [6, 6.07) is 7.92. The van der Waals surface area contributed by atoms with Crippen molar-refractivity contribution in [1.82, 2.24) is 14.9 Å². The Balaban J connectivity index is 2.10. The average molecular weight is 288 g/mol. The zero-order valence-electron chi connectivity index (χ0n) is 12.8. The fourth-order valence-corrected chi connectivity index (χ4v) is 2.35. The maximum atomic E-state index is 5.44. The van der Waals surface area contributed by atoms with Crippen molar-refractivity contribution in [3.8, 4) is 0 Å². The maximum absolute atomic E-state index is 5.44. The van der Waals surface area contributed by atoms with Gasteiger partial charge in [0.1, 0.15) is 5.82 Å². The molecule has 0 radical (unpaired) electrons. The molecule has 0 fully saturated rings. The van der Waals surface area contributed by atoms with E-state index in [9.17, 15) is 0 Å². The molecule has 1 aromatic carbocycles. The molecule has 1 heterocycles. The van der Waals surface area contributed by atoms with Gasteiger partial charge in [0, 0.05) is 18.5 Å². The molecule has 21 heavy (non-hydrogen) atoms. The molecule has 114 valence electrons. The molecular weight excluding hydrogens is 264 g/mol. The van der Waals surface area contributed by atoms with Crippen molar-refractivity contribution in [2.75, 3.05) is 36.9 Å². The van der Waals surface area contributed by atoms with Gasteiger partial charge in [0.2, 0.25) is 5.95 Å². The molecule has 0 unspecified atom stereocenters. The molecule has 0 saturated carbocycles. The smallest absolute Gasteiger partial charge is 0.239 e. The molecule has 0 amide bonds. The molecule has 0 aliphatic heterocycles. The number of nitrogen functional groups attached to an aromatic ring is 1. The third-order valence-electron chi connectivity index (χ3n) is 3.44. The van der Waals surface area contributed by atoms with Gasteiger partial charge in [0.25, 0.3) is 0 Å². The van der Waals surface area contributed by atoms with Gasteiger partial charge in [-0.3, -0.25) is 5.43 Å². The number of nitrogens with one attached hydrogen (secondary N) is 2. The lowest BCUT2D eigenvalue weighted by atomic mass is 10.2. The second-order valence-corrected chi connectivity index (χ2v) is 4.92. The standard InChI is InChI=1S/C15H24N6/c1-3-10-21(4-2)11-9-17-14-12-7-5-6-8-13(12)18-15(19-14)20-16/h5-8H,3-4,9-11,16H2,1-2H3,(H2,17,18,19,20). The molecule has 6 heteroatoms. The molecule has 6 nitrogen and oxygen atoms in total.